The molecule has 2 unspecified atom stereocenters. The Hall–Kier alpha value is -1.06. The summed E-state index contributed by atoms with van der Waals surface area (Å²) < 4.78 is 0. The normalized spacial score (nSPS) is 30.0. The number of likely N-dealkylation sites (N-methyl/N-ethyl adjacent to an activating group) is 1. The molecule has 0 bridgehead atoms. The summed E-state index contributed by atoms with van der Waals surface area (Å²) in [6.07, 6.45) is 5.25. The van der Waals surface area contributed by atoms with Gasteiger partial charge in [0.2, 0.25) is 0 Å². The van der Waals surface area contributed by atoms with Crippen LogP contribution in [0.2, 0.25) is 0 Å². The van der Waals surface area contributed by atoms with E-state index in [1.165, 1.54) is 49.0 Å². The lowest BCUT2D eigenvalue weighted by Crippen LogP contribution is -2.30. The van der Waals surface area contributed by atoms with Crippen molar-refractivity contribution in [3.63, 3.8) is 0 Å². The van der Waals surface area contributed by atoms with E-state index in [4.69, 9.17) is 5.73 Å². The lowest BCUT2D eigenvalue weighted by Gasteiger charge is -2.29. The highest BCUT2D eigenvalue weighted by molar-refractivity contribution is 5.58. The van der Waals surface area contributed by atoms with Crippen molar-refractivity contribution in [2.75, 3.05) is 31.6 Å². The van der Waals surface area contributed by atoms with Gasteiger partial charge in [0.05, 0.1) is 0 Å². The second kappa shape index (κ2) is 4.74. The van der Waals surface area contributed by atoms with Crippen LogP contribution in [0.3, 0.4) is 0 Å². The summed E-state index contributed by atoms with van der Waals surface area (Å²) in [4.78, 5) is 5.10. The molecule has 2 atom stereocenters. The van der Waals surface area contributed by atoms with Gasteiger partial charge in [-0.3, -0.25) is 4.90 Å². The molecule has 2 heterocycles. The fraction of sp³-hybridized carbons (Fsp3) is 0.647. The van der Waals surface area contributed by atoms with Crippen LogP contribution >= 0.6 is 0 Å². The quantitative estimate of drug-likeness (QED) is 0.914. The maximum absolute atomic E-state index is 6.04. The van der Waals surface area contributed by atoms with Crippen LogP contribution in [0.15, 0.2) is 18.2 Å². The Morgan fingerprint density at radius 2 is 2.05 bits per heavy atom. The summed E-state index contributed by atoms with van der Waals surface area (Å²) in [6, 6.07) is 8.56. The highest BCUT2D eigenvalue weighted by Crippen LogP contribution is 2.44. The van der Waals surface area contributed by atoms with Crippen molar-refractivity contribution >= 4 is 5.69 Å². The summed E-state index contributed by atoms with van der Waals surface area (Å²) in [5.41, 5.74) is 10.5. The van der Waals surface area contributed by atoms with Crippen LogP contribution in [0.5, 0.6) is 0 Å². The third kappa shape index (κ3) is 1.95. The number of anilines is 1. The van der Waals surface area contributed by atoms with Gasteiger partial charge in [0, 0.05) is 31.4 Å². The molecule has 3 nitrogen and oxygen atoms in total. The van der Waals surface area contributed by atoms with Crippen molar-refractivity contribution in [2.45, 2.75) is 37.8 Å². The molecule has 2 N–H and O–H groups in total. The van der Waals surface area contributed by atoms with Gasteiger partial charge in [0.25, 0.3) is 0 Å². The molecule has 1 saturated heterocycles. The number of nitrogens with two attached hydrogens (primary N) is 1. The Morgan fingerprint density at radius 1 is 1.20 bits per heavy atom. The zero-order valence-electron chi connectivity index (χ0n) is 12.4. The fourth-order valence-corrected chi connectivity index (χ4v) is 4.18. The van der Waals surface area contributed by atoms with Crippen LogP contribution in [0, 0.1) is 5.92 Å². The van der Waals surface area contributed by atoms with E-state index in [-0.39, 0.29) is 0 Å². The fourth-order valence-electron chi connectivity index (χ4n) is 4.18. The number of hydrogen-bond donors (Lipinski definition) is 1. The number of nitrogens with zero attached hydrogens (tertiary/aromatic N) is 2. The summed E-state index contributed by atoms with van der Waals surface area (Å²) in [5.74, 6) is 0.646. The predicted octanol–water partition coefficient (Wildman–Crippen LogP) is 2.16. The minimum absolute atomic E-state index is 0.573. The van der Waals surface area contributed by atoms with Gasteiger partial charge in [-0.15, -0.1) is 0 Å². The van der Waals surface area contributed by atoms with Crippen molar-refractivity contribution in [3.8, 4) is 0 Å². The zero-order chi connectivity index (χ0) is 13.7. The Kier molecular flexibility index (Phi) is 3.00. The third-order valence-electron chi connectivity index (χ3n) is 5.45. The van der Waals surface area contributed by atoms with Crippen molar-refractivity contribution < 1.29 is 0 Å². The number of rotatable bonds is 3. The summed E-state index contributed by atoms with van der Waals surface area (Å²) >= 11 is 0. The molecule has 2 fully saturated rings. The molecule has 0 amide bonds. The largest absolute Gasteiger partial charge is 0.374 e. The molecule has 1 aliphatic carbocycles. The minimum Gasteiger partial charge on any atom is -0.374 e. The molecule has 108 valence electrons. The molecule has 4 rings (SSSR count). The van der Waals surface area contributed by atoms with Crippen LogP contribution in [0.4, 0.5) is 5.69 Å². The average Bonchev–Trinajstić information content (AvgIpc) is 3.12. The van der Waals surface area contributed by atoms with Crippen LogP contribution in [-0.2, 0) is 6.42 Å². The van der Waals surface area contributed by atoms with E-state index in [1.54, 1.807) is 0 Å². The topological polar surface area (TPSA) is 32.5 Å². The summed E-state index contributed by atoms with van der Waals surface area (Å²) in [6.45, 7) is 3.23. The summed E-state index contributed by atoms with van der Waals surface area (Å²) in [5, 5.41) is 0. The van der Waals surface area contributed by atoms with Crippen molar-refractivity contribution in [2.24, 2.45) is 11.7 Å². The molecule has 3 heteroatoms. The Bertz CT molecular complexity index is 509. The second-order valence-corrected chi connectivity index (χ2v) is 6.76. The molecular formula is C17H25N3. The smallest absolute Gasteiger partial charge is 0.0397 e. The van der Waals surface area contributed by atoms with E-state index in [1.807, 2.05) is 0 Å². The molecule has 20 heavy (non-hydrogen) atoms. The SMILES string of the molecule is CN1CCc2cc(C3C(CN)CCN3C3CC3)ccc21. The highest BCUT2D eigenvalue weighted by Gasteiger charge is 2.42. The van der Waals surface area contributed by atoms with Crippen LogP contribution in [0.1, 0.15) is 36.4 Å². The number of likely N-dealkylation sites (tertiary alicyclic amines) is 1. The first kappa shape index (κ1) is 12.7. The standard InChI is InChI=1S/C17H25N3/c1-19-8-6-12-10-13(2-5-16(12)19)17-14(11-18)7-9-20(17)15-3-4-15/h2,5,10,14-15,17H,3-4,6-9,11,18H2,1H3. The first-order valence-electron chi connectivity index (χ1n) is 8.07. The molecule has 2 aliphatic heterocycles. The number of fused-ring (bicyclic) bond motifs is 1. The van der Waals surface area contributed by atoms with Gasteiger partial charge in [0.1, 0.15) is 0 Å². The van der Waals surface area contributed by atoms with Crippen molar-refractivity contribution in [3.05, 3.63) is 29.3 Å². The highest BCUT2D eigenvalue weighted by atomic mass is 15.2. The third-order valence-corrected chi connectivity index (χ3v) is 5.45. The maximum Gasteiger partial charge on any atom is 0.0397 e. The molecule has 1 aromatic rings. The first-order chi connectivity index (χ1) is 9.78. The second-order valence-electron chi connectivity index (χ2n) is 6.76. The number of hydrogen-bond acceptors (Lipinski definition) is 3. The van der Waals surface area contributed by atoms with E-state index in [0.29, 0.717) is 12.0 Å². The van der Waals surface area contributed by atoms with Gasteiger partial charge in [0.15, 0.2) is 0 Å². The van der Waals surface area contributed by atoms with E-state index in [0.717, 1.165) is 19.1 Å². The molecule has 0 aromatic heterocycles. The van der Waals surface area contributed by atoms with Gasteiger partial charge in [-0.1, -0.05) is 12.1 Å². The predicted molar refractivity (Wildman–Crippen MR) is 83.0 cm³/mol. The van der Waals surface area contributed by atoms with Gasteiger partial charge in [-0.05, 0) is 61.9 Å². The Balaban J connectivity index is 1.67. The monoisotopic (exact) mass is 271 g/mol. The summed E-state index contributed by atoms with van der Waals surface area (Å²) in [7, 11) is 2.19. The minimum atomic E-state index is 0.573. The van der Waals surface area contributed by atoms with Crippen molar-refractivity contribution in [1.82, 2.24) is 4.90 Å². The first-order valence-corrected chi connectivity index (χ1v) is 8.07. The zero-order valence-corrected chi connectivity index (χ0v) is 12.4. The van der Waals surface area contributed by atoms with Gasteiger partial charge >= 0.3 is 0 Å². The van der Waals surface area contributed by atoms with E-state index < -0.39 is 0 Å². The van der Waals surface area contributed by atoms with E-state index in [9.17, 15) is 0 Å². The maximum atomic E-state index is 6.04. The van der Waals surface area contributed by atoms with Gasteiger partial charge in [-0.2, -0.15) is 0 Å². The van der Waals surface area contributed by atoms with Crippen molar-refractivity contribution in [1.29, 1.82) is 0 Å². The molecule has 0 radical (unpaired) electrons. The lowest BCUT2D eigenvalue weighted by atomic mass is 9.92. The van der Waals surface area contributed by atoms with E-state index >= 15 is 0 Å². The molecule has 0 spiro atoms. The Morgan fingerprint density at radius 3 is 2.80 bits per heavy atom. The van der Waals surface area contributed by atoms with Gasteiger partial charge in [-0.25, -0.2) is 0 Å². The molecule has 1 saturated carbocycles. The van der Waals surface area contributed by atoms with Gasteiger partial charge < -0.3 is 10.6 Å². The van der Waals surface area contributed by atoms with Crippen LogP contribution < -0.4 is 10.6 Å². The molecule has 3 aliphatic rings. The number of benzene rings is 1. The average molecular weight is 271 g/mol. The van der Waals surface area contributed by atoms with Crippen LogP contribution in [0.25, 0.3) is 0 Å². The van der Waals surface area contributed by atoms with Crippen LogP contribution in [-0.4, -0.2) is 37.6 Å². The Labute approximate surface area is 121 Å². The van der Waals surface area contributed by atoms with E-state index in [2.05, 4.69) is 35.0 Å². The molecule has 1 aromatic carbocycles. The lowest BCUT2D eigenvalue weighted by molar-refractivity contribution is 0.220. The molecular weight excluding hydrogens is 246 g/mol.